The summed E-state index contributed by atoms with van der Waals surface area (Å²) in [6.07, 6.45) is 3.69. The molecule has 0 radical (unpaired) electrons. The van der Waals surface area contributed by atoms with Crippen molar-refractivity contribution in [3.63, 3.8) is 0 Å². The molecule has 0 bridgehead atoms. The molecule has 3 aromatic rings. The van der Waals surface area contributed by atoms with Gasteiger partial charge in [-0.25, -0.2) is 9.97 Å². The lowest BCUT2D eigenvalue weighted by Gasteiger charge is -2.06. The molecule has 0 aliphatic rings. The summed E-state index contributed by atoms with van der Waals surface area (Å²) in [4.78, 5) is 9.04. The normalized spacial score (nSPS) is 11.1. The fraction of sp³-hybridized carbons (Fsp3) is 0.333. The molecule has 0 fully saturated rings. The third-order valence-electron chi connectivity index (χ3n) is 2.95. The Morgan fingerprint density at radius 1 is 1.32 bits per heavy atom. The van der Waals surface area contributed by atoms with Gasteiger partial charge in [0.15, 0.2) is 11.5 Å². The number of fused-ring (bicyclic) bond motifs is 1. The van der Waals surface area contributed by atoms with Gasteiger partial charge in [-0.3, -0.25) is 9.36 Å². The maximum absolute atomic E-state index is 4.54. The molecule has 0 aromatic carbocycles. The molecular formula is C12H15N7. The number of hydrogen-bond donors (Lipinski definition) is 1. The van der Waals surface area contributed by atoms with Gasteiger partial charge >= 0.3 is 0 Å². The van der Waals surface area contributed by atoms with Gasteiger partial charge in [-0.15, -0.1) is 0 Å². The third kappa shape index (κ3) is 2.03. The average molecular weight is 257 g/mol. The quantitative estimate of drug-likeness (QED) is 0.756. The van der Waals surface area contributed by atoms with Crippen molar-refractivity contribution in [2.24, 2.45) is 7.05 Å². The minimum Gasteiger partial charge on any atom is -0.372 e. The molecule has 1 N–H and O–H groups in total. The minimum atomic E-state index is 0.545. The lowest BCUT2D eigenvalue weighted by molar-refractivity contribution is 0.650. The smallest absolute Gasteiger partial charge is 0.163 e. The Bertz CT molecular complexity index is 725. The van der Waals surface area contributed by atoms with E-state index < -0.39 is 0 Å². The van der Waals surface area contributed by atoms with Gasteiger partial charge in [0.05, 0.1) is 17.3 Å². The molecule has 3 rings (SSSR count). The van der Waals surface area contributed by atoms with Crippen LogP contribution in [0.5, 0.6) is 0 Å². The number of aromatic nitrogens is 6. The molecule has 7 nitrogen and oxygen atoms in total. The van der Waals surface area contributed by atoms with Crippen LogP contribution < -0.4 is 5.32 Å². The number of aryl methyl sites for hydroxylation is 2. The predicted octanol–water partition coefficient (Wildman–Crippen LogP) is 0.958. The number of anilines is 1. The van der Waals surface area contributed by atoms with E-state index in [2.05, 4.69) is 25.5 Å². The Morgan fingerprint density at radius 2 is 2.16 bits per heavy atom. The molecule has 0 saturated heterocycles. The molecule has 0 amide bonds. The number of rotatable bonds is 3. The molecule has 0 aliphatic carbocycles. The van der Waals surface area contributed by atoms with Gasteiger partial charge in [0.25, 0.3) is 0 Å². The second-order valence-electron chi connectivity index (χ2n) is 4.40. The molecule has 7 heteroatoms. The molecular weight excluding hydrogens is 242 g/mol. The van der Waals surface area contributed by atoms with Gasteiger partial charge in [-0.05, 0) is 13.0 Å². The van der Waals surface area contributed by atoms with E-state index in [0.717, 1.165) is 22.5 Å². The first-order valence-corrected chi connectivity index (χ1v) is 6.04. The van der Waals surface area contributed by atoms with Crippen molar-refractivity contribution >= 4 is 16.9 Å². The Balaban J connectivity index is 2.06. The molecule has 0 atom stereocenters. The number of hydrogen-bond acceptors (Lipinski definition) is 5. The molecule has 3 aromatic heterocycles. The van der Waals surface area contributed by atoms with E-state index in [1.165, 1.54) is 0 Å². The zero-order valence-corrected chi connectivity index (χ0v) is 11.1. The summed E-state index contributed by atoms with van der Waals surface area (Å²) in [7, 11) is 3.72. The van der Waals surface area contributed by atoms with E-state index in [1.54, 1.807) is 10.9 Å². The lowest BCUT2D eigenvalue weighted by Crippen LogP contribution is -2.08. The second kappa shape index (κ2) is 4.34. The van der Waals surface area contributed by atoms with Crippen LogP contribution in [0.1, 0.15) is 11.5 Å². The molecule has 0 spiro atoms. The minimum absolute atomic E-state index is 0.545. The van der Waals surface area contributed by atoms with E-state index in [9.17, 15) is 0 Å². The highest BCUT2D eigenvalue weighted by atomic mass is 15.3. The largest absolute Gasteiger partial charge is 0.372 e. The highest BCUT2D eigenvalue weighted by Gasteiger charge is 2.11. The number of nitrogens with zero attached hydrogens (tertiary/aromatic N) is 6. The average Bonchev–Trinajstić information content (AvgIpc) is 2.96. The second-order valence-corrected chi connectivity index (χ2v) is 4.40. The van der Waals surface area contributed by atoms with Crippen LogP contribution in [0.4, 0.5) is 5.82 Å². The monoisotopic (exact) mass is 257 g/mol. The van der Waals surface area contributed by atoms with Gasteiger partial charge in [-0.2, -0.15) is 10.2 Å². The first kappa shape index (κ1) is 11.6. The van der Waals surface area contributed by atoms with Crippen molar-refractivity contribution in [3.8, 4) is 0 Å². The van der Waals surface area contributed by atoms with Crippen molar-refractivity contribution in [2.45, 2.75) is 13.5 Å². The first-order chi connectivity index (χ1) is 9.17. The fourth-order valence-electron chi connectivity index (χ4n) is 2.02. The first-order valence-electron chi connectivity index (χ1n) is 6.04. The summed E-state index contributed by atoms with van der Waals surface area (Å²) >= 11 is 0. The Kier molecular flexibility index (Phi) is 2.66. The third-order valence-corrected chi connectivity index (χ3v) is 2.95. The van der Waals surface area contributed by atoms with Crippen LogP contribution in [0.2, 0.25) is 0 Å². The van der Waals surface area contributed by atoms with E-state index >= 15 is 0 Å². The Labute approximate surface area is 110 Å². The SMILES string of the molecule is CNc1nc(Cn2ccc(C)n2)nc2c1cnn2C. The van der Waals surface area contributed by atoms with Crippen molar-refractivity contribution in [1.29, 1.82) is 0 Å². The highest BCUT2D eigenvalue weighted by molar-refractivity contribution is 5.86. The van der Waals surface area contributed by atoms with Crippen LogP contribution in [-0.4, -0.2) is 36.6 Å². The van der Waals surface area contributed by atoms with E-state index in [-0.39, 0.29) is 0 Å². The summed E-state index contributed by atoms with van der Waals surface area (Å²) in [5, 5.41) is 12.6. The van der Waals surface area contributed by atoms with Gasteiger partial charge in [0, 0.05) is 20.3 Å². The topological polar surface area (TPSA) is 73.5 Å². The van der Waals surface area contributed by atoms with Crippen molar-refractivity contribution in [2.75, 3.05) is 12.4 Å². The summed E-state index contributed by atoms with van der Waals surface area (Å²) in [5.41, 5.74) is 1.80. The Morgan fingerprint density at radius 3 is 2.84 bits per heavy atom. The summed E-state index contributed by atoms with van der Waals surface area (Å²) < 4.78 is 3.57. The van der Waals surface area contributed by atoms with Crippen LogP contribution in [0.3, 0.4) is 0 Å². The summed E-state index contributed by atoms with van der Waals surface area (Å²) in [6, 6.07) is 1.96. The maximum atomic E-state index is 4.54. The van der Waals surface area contributed by atoms with Gasteiger partial charge < -0.3 is 5.32 Å². The van der Waals surface area contributed by atoms with Crippen LogP contribution in [-0.2, 0) is 13.6 Å². The van der Waals surface area contributed by atoms with E-state index in [1.807, 2.05) is 38.0 Å². The number of nitrogens with one attached hydrogen (secondary N) is 1. The lowest BCUT2D eigenvalue weighted by atomic mass is 10.4. The van der Waals surface area contributed by atoms with Crippen LogP contribution in [0.15, 0.2) is 18.5 Å². The highest BCUT2D eigenvalue weighted by Crippen LogP contribution is 2.19. The standard InChI is InChI=1S/C12H15N7/c1-8-4-5-19(17-8)7-10-15-11(13-2)9-6-14-18(3)12(9)16-10/h4-6H,7H2,1-3H3,(H,13,15,16). The van der Waals surface area contributed by atoms with Gasteiger partial charge in [-0.1, -0.05) is 0 Å². The predicted molar refractivity (Wildman–Crippen MR) is 71.9 cm³/mol. The zero-order chi connectivity index (χ0) is 13.4. The molecule has 19 heavy (non-hydrogen) atoms. The van der Waals surface area contributed by atoms with Gasteiger partial charge in [0.1, 0.15) is 12.4 Å². The maximum Gasteiger partial charge on any atom is 0.163 e. The molecule has 98 valence electrons. The summed E-state index contributed by atoms with van der Waals surface area (Å²) in [6.45, 7) is 2.50. The van der Waals surface area contributed by atoms with Gasteiger partial charge in [0.2, 0.25) is 0 Å². The molecule has 0 unspecified atom stereocenters. The zero-order valence-electron chi connectivity index (χ0n) is 11.1. The molecule has 0 aliphatic heterocycles. The molecule has 3 heterocycles. The summed E-state index contributed by atoms with van der Waals surface area (Å²) in [5.74, 6) is 1.50. The van der Waals surface area contributed by atoms with Crippen LogP contribution >= 0.6 is 0 Å². The molecule has 0 saturated carbocycles. The van der Waals surface area contributed by atoms with E-state index in [0.29, 0.717) is 12.4 Å². The Hall–Kier alpha value is -2.44. The van der Waals surface area contributed by atoms with Crippen molar-refractivity contribution in [3.05, 3.63) is 30.0 Å². The van der Waals surface area contributed by atoms with Crippen molar-refractivity contribution < 1.29 is 0 Å². The van der Waals surface area contributed by atoms with Crippen LogP contribution in [0.25, 0.3) is 11.0 Å². The van der Waals surface area contributed by atoms with Crippen LogP contribution in [0, 0.1) is 6.92 Å². The fourth-order valence-corrected chi connectivity index (χ4v) is 2.02. The van der Waals surface area contributed by atoms with Crippen molar-refractivity contribution in [1.82, 2.24) is 29.5 Å². The van der Waals surface area contributed by atoms with E-state index in [4.69, 9.17) is 0 Å².